The molecule has 2 aliphatic heterocycles. The highest BCUT2D eigenvalue weighted by atomic mass is 16.7. The van der Waals surface area contributed by atoms with Gasteiger partial charge in [0.2, 0.25) is 0 Å². The smallest absolute Gasteiger partial charge is 0.170 e. The average molecular weight is 736 g/mol. The topological polar surface area (TPSA) is 69.6 Å². The van der Waals surface area contributed by atoms with Crippen molar-refractivity contribution in [2.45, 2.75) is 168 Å². The lowest BCUT2D eigenvalue weighted by Gasteiger charge is -2.64. The molecule has 1 N–H and O–H groups in total. The fraction of sp³-hybridized carbons (Fsp3) is 0.870. The molecule has 0 amide bonds. The van der Waals surface area contributed by atoms with Crippen molar-refractivity contribution in [2.75, 3.05) is 32.9 Å². The van der Waals surface area contributed by atoms with Crippen LogP contribution in [0.3, 0.4) is 0 Å². The second kappa shape index (κ2) is 15.7. The number of rotatable bonds is 10. The van der Waals surface area contributed by atoms with Gasteiger partial charge in [0.05, 0.1) is 37.1 Å². The molecule has 2 heterocycles. The summed E-state index contributed by atoms with van der Waals surface area (Å²) < 4.78 is 33.7. The van der Waals surface area contributed by atoms with E-state index >= 15 is 0 Å². The van der Waals surface area contributed by atoms with Gasteiger partial charge in [-0.2, -0.15) is 0 Å². The number of hydrogen-bond acceptors (Lipinski definition) is 7. The Hall–Kier alpha value is -1.06. The number of aliphatic hydroxyl groups is 1. The molecule has 6 saturated carbocycles. The first-order valence-corrected chi connectivity index (χ1v) is 22.2. The highest BCUT2D eigenvalue weighted by Gasteiger charge is 2.70. The fourth-order valence-corrected chi connectivity index (χ4v) is 14.7. The number of hydrogen-bond donors (Lipinski definition) is 1. The van der Waals surface area contributed by atoms with Crippen LogP contribution in [0.2, 0.25) is 0 Å². The third-order valence-corrected chi connectivity index (χ3v) is 16.4. The SMILES string of the molecule is CCOC(C(C)O)C1CCC2C(O1)C(OCC)C1C2C(C)CCCC23CC4(CCCC(OC5CN(Cc6ccccc6)CCO5)C(C)(C)C4CCC12)C3. The summed E-state index contributed by atoms with van der Waals surface area (Å²) in [4.78, 5) is 2.52. The van der Waals surface area contributed by atoms with E-state index < -0.39 is 6.10 Å². The molecule has 8 aliphatic rings. The largest absolute Gasteiger partial charge is 0.391 e. The molecule has 7 nitrogen and oxygen atoms in total. The van der Waals surface area contributed by atoms with Crippen molar-refractivity contribution in [3.05, 3.63) is 35.9 Å². The van der Waals surface area contributed by atoms with Gasteiger partial charge >= 0.3 is 0 Å². The first-order chi connectivity index (χ1) is 25.6. The number of aliphatic hydroxyl groups excluding tert-OH is 1. The van der Waals surface area contributed by atoms with Gasteiger partial charge in [0.15, 0.2) is 6.29 Å². The summed E-state index contributed by atoms with van der Waals surface area (Å²) in [6, 6.07) is 10.8. The molecule has 9 rings (SSSR count). The standard InChI is InChI=1S/C46H73NO6/c1-7-49-41(31(4)48)35-20-18-33-39-30(3)14-12-22-45-28-46(29-45)23-13-17-37(53-38-27-47(24-25-51-38)26-32-15-10-9-11-16-32)44(5,6)36(46)21-19-34(45)40(39)43(50-8-2)42(33)52-35/h9-11,15-16,30-31,33-43,48H,7-8,12-14,17-29H2,1-6H3. The third-order valence-electron chi connectivity index (χ3n) is 16.4. The van der Waals surface area contributed by atoms with Gasteiger partial charge in [-0.15, -0.1) is 0 Å². The van der Waals surface area contributed by atoms with Crippen molar-refractivity contribution in [1.29, 1.82) is 0 Å². The van der Waals surface area contributed by atoms with Gasteiger partial charge in [-0.25, -0.2) is 0 Å². The van der Waals surface area contributed by atoms with Crippen LogP contribution in [-0.4, -0.2) is 85.8 Å². The first-order valence-electron chi connectivity index (χ1n) is 22.2. The lowest BCUT2D eigenvalue weighted by atomic mass is 9.41. The minimum Gasteiger partial charge on any atom is -0.391 e. The second-order valence-electron chi connectivity index (χ2n) is 19.7. The molecular formula is C46H73NO6. The predicted molar refractivity (Wildman–Crippen MR) is 208 cm³/mol. The highest BCUT2D eigenvalue weighted by Crippen LogP contribution is 2.76. The van der Waals surface area contributed by atoms with Crippen molar-refractivity contribution in [2.24, 2.45) is 51.8 Å². The molecule has 8 fully saturated rings. The molecule has 1 aromatic rings. The monoisotopic (exact) mass is 736 g/mol. The molecule has 13 atom stereocenters. The van der Waals surface area contributed by atoms with Gasteiger partial charge < -0.3 is 28.8 Å². The Balaban J connectivity index is 1.03. The van der Waals surface area contributed by atoms with Gasteiger partial charge in [-0.1, -0.05) is 70.4 Å². The highest BCUT2D eigenvalue weighted by molar-refractivity contribution is 5.19. The number of ether oxygens (including phenoxy) is 5. The average Bonchev–Trinajstić information content (AvgIpc) is 3.18. The van der Waals surface area contributed by atoms with Gasteiger partial charge in [0.1, 0.15) is 6.10 Å². The number of benzene rings is 1. The summed E-state index contributed by atoms with van der Waals surface area (Å²) in [5.74, 6) is 3.74. The molecular weight excluding hydrogens is 663 g/mol. The van der Waals surface area contributed by atoms with Crippen LogP contribution in [0.4, 0.5) is 0 Å². The van der Waals surface area contributed by atoms with Gasteiger partial charge in [0.25, 0.3) is 0 Å². The van der Waals surface area contributed by atoms with Crippen LogP contribution >= 0.6 is 0 Å². The molecule has 1 aromatic carbocycles. The molecule has 53 heavy (non-hydrogen) atoms. The summed E-state index contributed by atoms with van der Waals surface area (Å²) in [6.45, 7) is 18.6. The molecule has 2 spiro atoms. The summed E-state index contributed by atoms with van der Waals surface area (Å²) in [5, 5.41) is 10.7. The zero-order valence-electron chi connectivity index (χ0n) is 34.1. The summed E-state index contributed by atoms with van der Waals surface area (Å²) in [6.07, 6.45) is 14.8. The van der Waals surface area contributed by atoms with E-state index in [2.05, 4.69) is 62.9 Å². The Kier molecular flexibility index (Phi) is 11.5. The van der Waals surface area contributed by atoms with Gasteiger partial charge in [-0.3, -0.25) is 4.90 Å². The Morgan fingerprint density at radius 1 is 0.925 bits per heavy atom. The molecule has 13 unspecified atom stereocenters. The van der Waals surface area contributed by atoms with Crippen LogP contribution in [-0.2, 0) is 30.2 Å². The summed E-state index contributed by atoms with van der Waals surface area (Å²) in [5.41, 5.74) is 2.30. The normalized spacial score (nSPS) is 45.1. The van der Waals surface area contributed by atoms with Gasteiger partial charge in [-0.05, 0) is 136 Å². The van der Waals surface area contributed by atoms with Crippen LogP contribution in [0.5, 0.6) is 0 Å². The molecule has 6 aliphatic carbocycles. The van der Waals surface area contributed by atoms with Crippen LogP contribution in [0, 0.1) is 51.8 Å². The maximum atomic E-state index is 10.7. The number of fused-ring (bicyclic) bond motifs is 4. The third kappa shape index (κ3) is 7.12. The van der Waals surface area contributed by atoms with E-state index in [9.17, 15) is 5.11 Å². The zero-order chi connectivity index (χ0) is 37.0. The number of nitrogens with zero attached hydrogens (tertiary/aromatic N) is 1. The van der Waals surface area contributed by atoms with E-state index in [0.29, 0.717) is 52.9 Å². The molecule has 2 saturated heterocycles. The molecule has 298 valence electrons. The van der Waals surface area contributed by atoms with Crippen LogP contribution in [0.25, 0.3) is 0 Å². The van der Waals surface area contributed by atoms with Crippen molar-refractivity contribution in [1.82, 2.24) is 4.90 Å². The van der Waals surface area contributed by atoms with Crippen molar-refractivity contribution in [3.63, 3.8) is 0 Å². The van der Waals surface area contributed by atoms with E-state index in [1.807, 2.05) is 13.8 Å². The Labute approximate surface area is 321 Å². The van der Waals surface area contributed by atoms with E-state index in [1.54, 1.807) is 0 Å². The molecule has 0 aromatic heterocycles. The Morgan fingerprint density at radius 2 is 1.70 bits per heavy atom. The van der Waals surface area contributed by atoms with E-state index in [4.69, 9.17) is 23.7 Å². The lowest BCUT2D eigenvalue weighted by Crippen LogP contribution is -2.57. The quantitative estimate of drug-likeness (QED) is 0.258. The lowest BCUT2D eigenvalue weighted by molar-refractivity contribution is -0.234. The first kappa shape index (κ1) is 38.8. The van der Waals surface area contributed by atoms with Crippen LogP contribution in [0.1, 0.15) is 124 Å². The Bertz CT molecular complexity index is 1350. The van der Waals surface area contributed by atoms with E-state index in [1.165, 1.54) is 63.4 Å². The molecule has 2 bridgehead atoms. The minimum atomic E-state index is -0.547. The molecule has 0 radical (unpaired) electrons. The number of morpholine rings is 1. The predicted octanol–water partition coefficient (Wildman–Crippen LogP) is 8.65. The van der Waals surface area contributed by atoms with E-state index in [0.717, 1.165) is 52.1 Å². The zero-order valence-corrected chi connectivity index (χ0v) is 34.1. The van der Waals surface area contributed by atoms with Crippen molar-refractivity contribution < 1.29 is 28.8 Å². The maximum absolute atomic E-state index is 10.7. The van der Waals surface area contributed by atoms with E-state index in [-0.39, 0.29) is 42.2 Å². The minimum absolute atomic E-state index is 0.0723. The van der Waals surface area contributed by atoms with Crippen LogP contribution < -0.4 is 0 Å². The van der Waals surface area contributed by atoms with Crippen molar-refractivity contribution in [3.8, 4) is 0 Å². The maximum Gasteiger partial charge on any atom is 0.170 e. The fourth-order valence-electron chi connectivity index (χ4n) is 14.7. The van der Waals surface area contributed by atoms with Crippen molar-refractivity contribution >= 4 is 0 Å². The summed E-state index contributed by atoms with van der Waals surface area (Å²) >= 11 is 0. The molecule has 7 heteroatoms. The summed E-state index contributed by atoms with van der Waals surface area (Å²) in [7, 11) is 0. The second-order valence-corrected chi connectivity index (χ2v) is 19.7. The Morgan fingerprint density at radius 3 is 2.45 bits per heavy atom. The van der Waals surface area contributed by atoms with Crippen LogP contribution in [0.15, 0.2) is 30.3 Å². The van der Waals surface area contributed by atoms with Gasteiger partial charge in [0, 0.05) is 32.8 Å².